The van der Waals surface area contributed by atoms with E-state index >= 15 is 0 Å². The summed E-state index contributed by atoms with van der Waals surface area (Å²) in [5.41, 5.74) is 1.70. The van der Waals surface area contributed by atoms with Crippen molar-refractivity contribution in [2.75, 3.05) is 13.2 Å². The van der Waals surface area contributed by atoms with Crippen LogP contribution < -0.4 is 9.47 Å². The van der Waals surface area contributed by atoms with Crippen molar-refractivity contribution in [1.29, 1.82) is 0 Å². The molecule has 0 aliphatic rings. The number of hydrogen-bond donors (Lipinski definition) is 1. The van der Waals surface area contributed by atoms with E-state index in [0.717, 1.165) is 17.0 Å². The molecule has 1 N–H and O–H groups in total. The summed E-state index contributed by atoms with van der Waals surface area (Å²) in [7, 11) is 0. The molecule has 0 saturated carbocycles. The minimum Gasteiger partial charge on any atom is -0.504 e. The number of benzene rings is 2. The van der Waals surface area contributed by atoms with Crippen LogP contribution >= 0.6 is 0 Å². The van der Waals surface area contributed by atoms with Gasteiger partial charge in [-0.2, -0.15) is 0 Å². The standard InChI is InChI=1S/C17H19NO3/c1-3-20-15-8-6-14(7-9-15)18-12-13-5-10-16(19)17(11-13)21-4-2/h5-12,19H,3-4H2,1-2H3. The van der Waals surface area contributed by atoms with Crippen molar-refractivity contribution < 1.29 is 14.6 Å². The number of aromatic hydroxyl groups is 1. The van der Waals surface area contributed by atoms with Crippen LogP contribution in [0, 0.1) is 0 Å². The van der Waals surface area contributed by atoms with Crippen LogP contribution in [0.2, 0.25) is 0 Å². The Hall–Kier alpha value is -2.49. The molecule has 0 unspecified atom stereocenters. The van der Waals surface area contributed by atoms with Crippen LogP contribution in [0.1, 0.15) is 19.4 Å². The Kier molecular flexibility index (Phi) is 5.21. The molecule has 2 aromatic carbocycles. The van der Waals surface area contributed by atoms with Gasteiger partial charge in [0.2, 0.25) is 0 Å². The summed E-state index contributed by atoms with van der Waals surface area (Å²) in [6.07, 6.45) is 1.73. The van der Waals surface area contributed by atoms with Gasteiger partial charge in [-0.05, 0) is 61.9 Å². The lowest BCUT2D eigenvalue weighted by atomic mass is 10.2. The molecule has 0 saturated heterocycles. The summed E-state index contributed by atoms with van der Waals surface area (Å²) in [4.78, 5) is 4.39. The van der Waals surface area contributed by atoms with E-state index in [1.54, 1.807) is 24.4 Å². The van der Waals surface area contributed by atoms with Gasteiger partial charge in [-0.1, -0.05) is 0 Å². The average Bonchev–Trinajstić information content (AvgIpc) is 2.50. The first-order valence-corrected chi connectivity index (χ1v) is 6.95. The highest BCUT2D eigenvalue weighted by Gasteiger charge is 2.02. The van der Waals surface area contributed by atoms with Crippen LogP contribution in [0.25, 0.3) is 0 Å². The Morgan fingerprint density at radius 3 is 2.38 bits per heavy atom. The topological polar surface area (TPSA) is 51.0 Å². The molecule has 0 bridgehead atoms. The van der Waals surface area contributed by atoms with Crippen molar-refractivity contribution in [1.82, 2.24) is 0 Å². The molecular formula is C17H19NO3. The molecule has 2 aromatic rings. The van der Waals surface area contributed by atoms with Crippen LogP contribution in [0.4, 0.5) is 5.69 Å². The lowest BCUT2D eigenvalue weighted by Gasteiger charge is -2.06. The van der Waals surface area contributed by atoms with Gasteiger partial charge in [0.1, 0.15) is 5.75 Å². The maximum Gasteiger partial charge on any atom is 0.161 e. The number of phenolic OH excluding ortho intramolecular Hbond substituents is 1. The fraction of sp³-hybridized carbons (Fsp3) is 0.235. The second-order valence-electron chi connectivity index (χ2n) is 4.35. The molecule has 0 atom stereocenters. The van der Waals surface area contributed by atoms with Gasteiger partial charge in [-0.3, -0.25) is 4.99 Å². The first-order chi connectivity index (χ1) is 10.2. The van der Waals surface area contributed by atoms with Gasteiger partial charge in [0.25, 0.3) is 0 Å². The van der Waals surface area contributed by atoms with E-state index in [0.29, 0.717) is 19.0 Å². The van der Waals surface area contributed by atoms with Crippen LogP contribution in [-0.4, -0.2) is 24.5 Å². The number of phenols is 1. The second-order valence-corrected chi connectivity index (χ2v) is 4.35. The van der Waals surface area contributed by atoms with E-state index in [2.05, 4.69) is 4.99 Å². The lowest BCUT2D eigenvalue weighted by Crippen LogP contribution is -1.93. The highest BCUT2D eigenvalue weighted by atomic mass is 16.5. The minimum absolute atomic E-state index is 0.134. The fourth-order valence-electron chi connectivity index (χ4n) is 1.83. The number of ether oxygens (including phenoxy) is 2. The van der Waals surface area contributed by atoms with Crippen LogP contribution in [0.5, 0.6) is 17.2 Å². The van der Waals surface area contributed by atoms with Gasteiger partial charge in [-0.15, -0.1) is 0 Å². The zero-order valence-corrected chi connectivity index (χ0v) is 12.2. The molecule has 110 valence electrons. The molecule has 4 nitrogen and oxygen atoms in total. The molecule has 0 amide bonds. The third-order valence-electron chi connectivity index (χ3n) is 2.79. The summed E-state index contributed by atoms with van der Waals surface area (Å²) in [6.45, 7) is 4.98. The zero-order chi connectivity index (χ0) is 15.1. The first-order valence-electron chi connectivity index (χ1n) is 6.95. The molecule has 21 heavy (non-hydrogen) atoms. The number of nitrogens with zero attached hydrogens (tertiary/aromatic N) is 1. The Bertz CT molecular complexity index is 606. The third-order valence-corrected chi connectivity index (χ3v) is 2.79. The molecule has 0 aromatic heterocycles. The summed E-state index contributed by atoms with van der Waals surface area (Å²) in [6, 6.07) is 12.7. The predicted octanol–water partition coefficient (Wildman–Crippen LogP) is 3.94. The molecule has 0 aliphatic carbocycles. The maximum absolute atomic E-state index is 9.65. The van der Waals surface area contributed by atoms with E-state index < -0.39 is 0 Å². The summed E-state index contributed by atoms with van der Waals surface area (Å²) >= 11 is 0. The first kappa shape index (κ1) is 14.9. The summed E-state index contributed by atoms with van der Waals surface area (Å²) in [5, 5.41) is 9.65. The maximum atomic E-state index is 9.65. The lowest BCUT2D eigenvalue weighted by molar-refractivity contribution is 0.318. The van der Waals surface area contributed by atoms with Gasteiger partial charge in [-0.25, -0.2) is 0 Å². The minimum atomic E-state index is 0.134. The fourth-order valence-corrected chi connectivity index (χ4v) is 1.83. The van der Waals surface area contributed by atoms with Crippen molar-refractivity contribution in [2.45, 2.75) is 13.8 Å². The molecule has 0 heterocycles. The summed E-state index contributed by atoms with van der Waals surface area (Å²) < 4.78 is 10.7. The molecule has 0 fully saturated rings. The quantitative estimate of drug-likeness (QED) is 0.818. The van der Waals surface area contributed by atoms with Gasteiger partial charge >= 0.3 is 0 Å². The third kappa shape index (κ3) is 4.24. The van der Waals surface area contributed by atoms with Crippen molar-refractivity contribution >= 4 is 11.9 Å². The molecule has 2 rings (SSSR count). The van der Waals surface area contributed by atoms with Gasteiger partial charge in [0.05, 0.1) is 18.9 Å². The number of aliphatic imine (C=N–C) groups is 1. The van der Waals surface area contributed by atoms with Crippen LogP contribution in [-0.2, 0) is 0 Å². The van der Waals surface area contributed by atoms with Crippen LogP contribution in [0.3, 0.4) is 0 Å². The second kappa shape index (κ2) is 7.33. The average molecular weight is 285 g/mol. The largest absolute Gasteiger partial charge is 0.504 e. The van der Waals surface area contributed by atoms with E-state index in [9.17, 15) is 5.11 Å². The SMILES string of the molecule is CCOc1ccc(N=Cc2ccc(O)c(OCC)c2)cc1. The Balaban J connectivity index is 2.11. The Morgan fingerprint density at radius 2 is 1.71 bits per heavy atom. The predicted molar refractivity (Wildman–Crippen MR) is 84.1 cm³/mol. The van der Waals surface area contributed by atoms with E-state index in [1.165, 1.54) is 0 Å². The van der Waals surface area contributed by atoms with Gasteiger partial charge < -0.3 is 14.6 Å². The van der Waals surface area contributed by atoms with Gasteiger partial charge in [0.15, 0.2) is 11.5 Å². The zero-order valence-electron chi connectivity index (χ0n) is 12.2. The van der Waals surface area contributed by atoms with Crippen molar-refractivity contribution in [3.05, 3.63) is 48.0 Å². The van der Waals surface area contributed by atoms with E-state index in [4.69, 9.17) is 9.47 Å². The molecule has 0 spiro atoms. The number of rotatable bonds is 6. The molecule has 4 heteroatoms. The molecule has 0 radical (unpaired) electrons. The normalized spacial score (nSPS) is 10.8. The van der Waals surface area contributed by atoms with Gasteiger partial charge in [0, 0.05) is 6.21 Å². The Labute approximate surface area is 124 Å². The highest BCUT2D eigenvalue weighted by molar-refractivity contribution is 5.83. The molecule has 0 aliphatic heterocycles. The van der Waals surface area contributed by atoms with E-state index in [1.807, 2.05) is 38.1 Å². The summed E-state index contributed by atoms with van der Waals surface area (Å²) in [5.74, 6) is 1.43. The van der Waals surface area contributed by atoms with Crippen LogP contribution in [0.15, 0.2) is 47.5 Å². The highest BCUT2D eigenvalue weighted by Crippen LogP contribution is 2.26. The Morgan fingerprint density at radius 1 is 1.00 bits per heavy atom. The monoisotopic (exact) mass is 285 g/mol. The van der Waals surface area contributed by atoms with Crippen molar-refractivity contribution in [3.63, 3.8) is 0 Å². The smallest absolute Gasteiger partial charge is 0.161 e. The molecular weight excluding hydrogens is 266 g/mol. The van der Waals surface area contributed by atoms with Crippen molar-refractivity contribution in [3.8, 4) is 17.2 Å². The van der Waals surface area contributed by atoms with Crippen molar-refractivity contribution in [2.24, 2.45) is 4.99 Å². The van der Waals surface area contributed by atoms with E-state index in [-0.39, 0.29) is 5.75 Å². The number of hydrogen-bond acceptors (Lipinski definition) is 4.